The lowest BCUT2D eigenvalue weighted by atomic mass is 9.32. The second kappa shape index (κ2) is 4.32. The van der Waals surface area contributed by atoms with Crippen molar-refractivity contribution in [3.05, 3.63) is 0 Å². The van der Waals surface area contributed by atoms with E-state index < -0.39 is 0 Å². The molecule has 4 heteroatoms. The van der Waals surface area contributed by atoms with E-state index in [2.05, 4.69) is 63.7 Å². The van der Waals surface area contributed by atoms with Crippen LogP contribution in [-0.4, -0.2) is 17.3 Å². The smallest absolute Gasteiger partial charge is 0.0277 e. The maximum atomic E-state index is 4.22. The molecule has 0 nitrogen and oxygen atoms in total. The van der Waals surface area contributed by atoms with E-state index in [9.17, 15) is 0 Å². The highest BCUT2D eigenvalue weighted by molar-refractivity contribution is 9.11. The van der Waals surface area contributed by atoms with Crippen molar-refractivity contribution in [2.45, 2.75) is 81.5 Å². The molecule has 128 valence electrons. The highest BCUT2D eigenvalue weighted by Gasteiger charge is 2.75. The Morgan fingerprint density at radius 3 is 0.870 bits per heavy atom. The average Bonchev–Trinajstić information content (AvgIpc) is 2.30. The molecule has 0 saturated heterocycles. The molecule has 8 rings (SSSR count). The van der Waals surface area contributed by atoms with E-state index >= 15 is 0 Å². The monoisotopic (exact) mass is 568 g/mol. The maximum Gasteiger partial charge on any atom is 0.0277 e. The molecular weight excluding hydrogens is 548 g/mol. The van der Waals surface area contributed by atoms with Crippen LogP contribution in [0.5, 0.6) is 0 Å². The maximum absolute atomic E-state index is 4.22. The fourth-order valence-corrected chi connectivity index (χ4v) is 15.3. The minimum absolute atomic E-state index is 0.459. The fourth-order valence-electron chi connectivity index (χ4n) is 9.28. The summed E-state index contributed by atoms with van der Waals surface area (Å²) in [7, 11) is 0. The Morgan fingerprint density at radius 1 is 0.435 bits per heavy atom. The first kappa shape index (κ1) is 15.9. The van der Waals surface area contributed by atoms with Crippen molar-refractivity contribution in [2.24, 2.45) is 29.1 Å². The zero-order valence-electron chi connectivity index (χ0n) is 13.4. The largest absolute Gasteiger partial charge is 0.0853 e. The second-order valence-electron chi connectivity index (χ2n) is 10.4. The van der Waals surface area contributed by atoms with Gasteiger partial charge in [0.2, 0.25) is 0 Å². The molecule has 8 aliphatic rings. The molecule has 0 heterocycles. The lowest BCUT2D eigenvalue weighted by Crippen LogP contribution is -2.73. The van der Waals surface area contributed by atoms with Crippen LogP contribution in [0.3, 0.4) is 0 Å². The molecule has 1 spiro atoms. The van der Waals surface area contributed by atoms with Crippen LogP contribution in [0.15, 0.2) is 0 Å². The van der Waals surface area contributed by atoms with Crippen molar-refractivity contribution in [1.82, 2.24) is 0 Å². The molecule has 8 fully saturated rings. The van der Waals surface area contributed by atoms with Gasteiger partial charge in [0.25, 0.3) is 0 Å². The molecule has 23 heavy (non-hydrogen) atoms. The van der Waals surface area contributed by atoms with Gasteiger partial charge in [0, 0.05) is 17.3 Å². The zero-order valence-corrected chi connectivity index (χ0v) is 19.7. The van der Waals surface area contributed by atoms with Gasteiger partial charge in [-0.3, -0.25) is 0 Å². The average molecular weight is 572 g/mol. The third-order valence-corrected chi connectivity index (χ3v) is 12.7. The normalized spacial score (nSPS) is 71.5. The van der Waals surface area contributed by atoms with E-state index in [4.69, 9.17) is 0 Å². The molecule has 8 saturated carbocycles. The number of hydrogen-bond acceptors (Lipinski definition) is 0. The number of alkyl halides is 4. The quantitative estimate of drug-likeness (QED) is 0.276. The van der Waals surface area contributed by atoms with Crippen molar-refractivity contribution in [3.8, 4) is 0 Å². The van der Waals surface area contributed by atoms with Crippen LogP contribution in [0.2, 0.25) is 0 Å². The molecule has 0 unspecified atom stereocenters. The summed E-state index contributed by atoms with van der Waals surface area (Å²) in [6.07, 6.45) is 14.4. The minimum Gasteiger partial charge on any atom is -0.0853 e. The summed E-state index contributed by atoms with van der Waals surface area (Å²) < 4.78 is 1.84. The van der Waals surface area contributed by atoms with E-state index in [1.165, 1.54) is 64.2 Å². The van der Waals surface area contributed by atoms with Crippen LogP contribution in [-0.2, 0) is 0 Å². The highest BCUT2D eigenvalue weighted by atomic mass is 79.9. The summed E-state index contributed by atoms with van der Waals surface area (Å²) in [5.41, 5.74) is 0.684. The Balaban J connectivity index is 1.49. The Hall–Kier alpha value is 1.92. The van der Waals surface area contributed by atoms with Crippen LogP contribution < -0.4 is 0 Å². The third kappa shape index (κ3) is 1.89. The fraction of sp³-hybridized carbons (Fsp3) is 1.00. The van der Waals surface area contributed by atoms with Gasteiger partial charge in [-0.05, 0) is 93.3 Å². The first-order valence-corrected chi connectivity index (χ1v) is 12.6. The van der Waals surface area contributed by atoms with Gasteiger partial charge >= 0.3 is 0 Å². The van der Waals surface area contributed by atoms with Crippen LogP contribution in [0.4, 0.5) is 0 Å². The predicted molar refractivity (Wildman–Crippen MR) is 109 cm³/mol. The Bertz CT molecular complexity index is 471. The summed E-state index contributed by atoms with van der Waals surface area (Å²) in [4.78, 5) is 0. The van der Waals surface area contributed by atoms with Gasteiger partial charge in [-0.25, -0.2) is 0 Å². The minimum atomic E-state index is 0.459. The Labute approximate surface area is 173 Å². The van der Waals surface area contributed by atoms with E-state index in [0.717, 1.165) is 23.7 Å². The first-order chi connectivity index (χ1) is 10.7. The molecule has 0 aromatic heterocycles. The number of rotatable bonds is 0. The summed E-state index contributed by atoms with van der Waals surface area (Å²) in [6.45, 7) is 0. The van der Waals surface area contributed by atoms with Gasteiger partial charge in [0.05, 0.1) is 0 Å². The van der Waals surface area contributed by atoms with Gasteiger partial charge in [-0.2, -0.15) is 0 Å². The van der Waals surface area contributed by atoms with E-state index in [0.29, 0.717) is 22.7 Å². The lowest BCUT2D eigenvalue weighted by molar-refractivity contribution is -0.211. The second-order valence-corrected chi connectivity index (χ2v) is 17.1. The van der Waals surface area contributed by atoms with Crippen LogP contribution in [0.1, 0.15) is 64.2 Å². The Morgan fingerprint density at radius 2 is 0.652 bits per heavy atom. The standard InChI is InChI=1S/C19H24Br4/c20-15-1-11-2-16(21,9-15)4-12(3-15)19(11)13-5-17(22)7-14(19)8-18(23,6-13)10-17/h11-14H,1-10H2. The third-order valence-electron chi connectivity index (χ3n) is 8.99. The SMILES string of the molecule is BrC12CC3CC(Br)(CC(C1)C31C3CC4(Br)CC1CC(Br)(C3)C4)C2. The summed E-state index contributed by atoms with van der Waals surface area (Å²) in [6, 6.07) is 0. The van der Waals surface area contributed by atoms with Crippen LogP contribution in [0, 0.1) is 29.1 Å². The van der Waals surface area contributed by atoms with Crippen molar-refractivity contribution >= 4 is 63.7 Å². The van der Waals surface area contributed by atoms with Gasteiger partial charge in [-0.15, -0.1) is 0 Å². The van der Waals surface area contributed by atoms with E-state index in [1.54, 1.807) is 0 Å². The van der Waals surface area contributed by atoms with Gasteiger partial charge in [-0.1, -0.05) is 63.7 Å². The molecule has 0 N–H and O–H groups in total. The molecule has 0 aliphatic heterocycles. The predicted octanol–water partition coefficient (Wildman–Crippen LogP) is 6.96. The molecule has 8 bridgehead atoms. The van der Waals surface area contributed by atoms with Crippen molar-refractivity contribution in [2.75, 3.05) is 0 Å². The van der Waals surface area contributed by atoms with E-state index in [-0.39, 0.29) is 0 Å². The molecule has 0 aromatic carbocycles. The van der Waals surface area contributed by atoms with Crippen LogP contribution in [0.25, 0.3) is 0 Å². The molecule has 0 amide bonds. The molecule has 0 radical (unpaired) electrons. The topological polar surface area (TPSA) is 0 Å². The summed E-state index contributed by atoms with van der Waals surface area (Å²) in [5, 5.41) is 0. The van der Waals surface area contributed by atoms with Gasteiger partial charge < -0.3 is 0 Å². The van der Waals surface area contributed by atoms with Crippen molar-refractivity contribution in [1.29, 1.82) is 0 Å². The molecular formula is C19H24Br4. The van der Waals surface area contributed by atoms with Gasteiger partial charge in [0.1, 0.15) is 0 Å². The van der Waals surface area contributed by atoms with Crippen molar-refractivity contribution < 1.29 is 0 Å². The van der Waals surface area contributed by atoms with Crippen molar-refractivity contribution in [3.63, 3.8) is 0 Å². The lowest BCUT2D eigenvalue weighted by Gasteiger charge is -2.77. The van der Waals surface area contributed by atoms with E-state index in [1.807, 2.05) is 0 Å². The van der Waals surface area contributed by atoms with Crippen LogP contribution >= 0.6 is 63.7 Å². The Kier molecular flexibility index (Phi) is 2.99. The number of halogens is 4. The van der Waals surface area contributed by atoms with Gasteiger partial charge in [0.15, 0.2) is 0 Å². The highest BCUT2D eigenvalue weighted by Crippen LogP contribution is 2.80. The summed E-state index contributed by atoms with van der Waals surface area (Å²) >= 11 is 16.9. The molecule has 0 aromatic rings. The number of hydrogen-bond donors (Lipinski definition) is 0. The summed E-state index contributed by atoms with van der Waals surface area (Å²) in [5.74, 6) is 3.85. The molecule has 8 aliphatic carbocycles. The first-order valence-electron chi connectivity index (χ1n) is 9.42. The molecule has 0 atom stereocenters. The zero-order chi connectivity index (χ0) is 15.9.